The maximum absolute atomic E-state index is 12.4. The summed E-state index contributed by atoms with van der Waals surface area (Å²) in [6.45, 7) is -0.0761. The van der Waals surface area contributed by atoms with E-state index in [1.807, 2.05) is 6.07 Å². The first-order valence-corrected chi connectivity index (χ1v) is 9.63. The lowest BCUT2D eigenvalue weighted by Crippen LogP contribution is -2.56. The van der Waals surface area contributed by atoms with Crippen LogP contribution in [0.5, 0.6) is 5.75 Å². The second-order valence-corrected chi connectivity index (χ2v) is 6.77. The number of methoxy groups -OCH3 is 2. The Hall–Kier alpha value is -3.11. The van der Waals surface area contributed by atoms with Crippen molar-refractivity contribution in [3.05, 3.63) is 60.2 Å². The Kier molecular flexibility index (Phi) is 7.98. The predicted octanol–water partition coefficient (Wildman–Crippen LogP) is 0.640. The number of rotatable bonds is 9. The molecule has 0 aliphatic rings. The minimum atomic E-state index is -3.34. The number of nitrogens with zero attached hydrogens (tertiary/aromatic N) is 1. The van der Waals surface area contributed by atoms with Crippen molar-refractivity contribution < 1.29 is 32.2 Å². The summed E-state index contributed by atoms with van der Waals surface area (Å²) in [4.78, 5) is 24.8. The van der Waals surface area contributed by atoms with Crippen molar-refractivity contribution in [3.63, 3.8) is 0 Å². The van der Waals surface area contributed by atoms with E-state index in [-0.39, 0.29) is 12.3 Å². The van der Waals surface area contributed by atoms with Crippen LogP contribution in [0, 0.1) is 0 Å². The Morgan fingerprint density at radius 1 is 1.00 bits per heavy atom. The molecule has 0 heterocycles. The van der Waals surface area contributed by atoms with Crippen LogP contribution >= 0.6 is 0 Å². The molecular formula is C19H22N2O7S. The Bertz CT molecular complexity index is 893. The molecule has 2 aromatic carbocycles. The summed E-state index contributed by atoms with van der Waals surface area (Å²) in [5.74, 6) is -1.46. The molecule has 0 saturated heterocycles. The number of carbonyl (C=O) groups is 2. The minimum Gasteiger partial charge on any atom is -0.497 e. The third kappa shape index (κ3) is 5.69. The molecule has 2 aromatic rings. The molecule has 0 spiro atoms. The molecule has 0 aliphatic heterocycles. The highest BCUT2D eigenvalue weighted by Crippen LogP contribution is 2.23. The quantitative estimate of drug-likeness (QED) is 0.446. The molecule has 9 nitrogen and oxygen atoms in total. The normalized spacial score (nSPS) is 12.7. The van der Waals surface area contributed by atoms with Gasteiger partial charge in [0.15, 0.2) is 6.04 Å². The molecule has 2 rings (SSSR count). The van der Waals surface area contributed by atoms with E-state index >= 15 is 0 Å². The first kappa shape index (κ1) is 22.2. The molecular weight excluding hydrogens is 400 g/mol. The maximum atomic E-state index is 12.4. The SMILES string of the molecule is COC(=O)C(C(N)C(=O)OCc1ccccc1)N(c1ccc(OC)cc1)[SH](=O)=O. The predicted molar refractivity (Wildman–Crippen MR) is 106 cm³/mol. The number of hydrogen-bond acceptors (Lipinski definition) is 8. The number of carbonyl (C=O) groups excluding carboxylic acids is 2. The zero-order valence-electron chi connectivity index (χ0n) is 15.9. The molecule has 2 N–H and O–H groups in total. The van der Waals surface area contributed by atoms with Gasteiger partial charge in [-0.2, -0.15) is 0 Å². The first-order chi connectivity index (χ1) is 13.9. The molecule has 0 amide bonds. The van der Waals surface area contributed by atoms with Gasteiger partial charge in [0, 0.05) is 0 Å². The zero-order valence-corrected chi connectivity index (χ0v) is 16.8. The van der Waals surface area contributed by atoms with E-state index in [0.717, 1.165) is 7.11 Å². The van der Waals surface area contributed by atoms with E-state index in [0.29, 0.717) is 15.6 Å². The van der Waals surface area contributed by atoms with E-state index in [9.17, 15) is 18.0 Å². The fourth-order valence-corrected chi connectivity index (χ4v) is 3.33. The van der Waals surface area contributed by atoms with Gasteiger partial charge in [-0.25, -0.2) is 13.2 Å². The highest BCUT2D eigenvalue weighted by Gasteiger charge is 2.39. The van der Waals surface area contributed by atoms with E-state index in [2.05, 4.69) is 4.74 Å². The molecule has 0 bridgehead atoms. The van der Waals surface area contributed by atoms with Crippen LogP contribution in [0.1, 0.15) is 5.56 Å². The van der Waals surface area contributed by atoms with Crippen molar-refractivity contribution in [2.24, 2.45) is 5.73 Å². The standard InChI is InChI=1S/C19H22N2O7S/c1-26-15-10-8-14(9-11-15)21(29(24)25)17(19(23)27-2)16(20)18(22)28-12-13-6-4-3-5-7-13/h3-11,16-17,29H,12,20H2,1-2H3. The topological polar surface area (TPSA) is 125 Å². The van der Waals surface area contributed by atoms with Crippen molar-refractivity contribution in [2.45, 2.75) is 18.7 Å². The van der Waals surface area contributed by atoms with Gasteiger partial charge in [0.1, 0.15) is 18.4 Å². The lowest BCUT2D eigenvalue weighted by atomic mass is 10.1. The first-order valence-electron chi connectivity index (χ1n) is 8.50. The van der Waals surface area contributed by atoms with Gasteiger partial charge in [-0.15, -0.1) is 0 Å². The van der Waals surface area contributed by atoms with Gasteiger partial charge in [0.25, 0.3) is 0 Å². The van der Waals surface area contributed by atoms with Gasteiger partial charge in [-0.3, -0.25) is 9.10 Å². The number of hydrogen-bond donors (Lipinski definition) is 2. The molecule has 0 aromatic heterocycles. The van der Waals surface area contributed by atoms with Gasteiger partial charge in [0.2, 0.25) is 10.9 Å². The summed E-state index contributed by atoms with van der Waals surface area (Å²) >= 11 is 0. The third-order valence-electron chi connectivity index (χ3n) is 4.06. The van der Waals surface area contributed by atoms with E-state index in [4.69, 9.17) is 15.2 Å². The number of benzene rings is 2. The minimum absolute atomic E-state index is 0.0761. The number of thiol groups is 1. The van der Waals surface area contributed by atoms with Crippen molar-refractivity contribution in [2.75, 3.05) is 18.5 Å². The molecule has 29 heavy (non-hydrogen) atoms. The fraction of sp³-hybridized carbons (Fsp3) is 0.263. The summed E-state index contributed by atoms with van der Waals surface area (Å²) in [6, 6.07) is 11.4. The van der Waals surface area contributed by atoms with Crippen molar-refractivity contribution in [1.29, 1.82) is 0 Å². The van der Waals surface area contributed by atoms with Crippen LogP contribution < -0.4 is 14.8 Å². The molecule has 2 atom stereocenters. The van der Waals surface area contributed by atoms with Crippen LogP contribution in [-0.2, 0) is 36.6 Å². The van der Waals surface area contributed by atoms with Gasteiger partial charge in [-0.05, 0) is 29.8 Å². The summed E-state index contributed by atoms with van der Waals surface area (Å²) < 4.78 is 39.5. The molecule has 156 valence electrons. The molecule has 0 radical (unpaired) electrons. The maximum Gasteiger partial charge on any atom is 0.331 e. The van der Waals surface area contributed by atoms with E-state index < -0.39 is 34.9 Å². The molecule has 0 aliphatic carbocycles. The summed E-state index contributed by atoms with van der Waals surface area (Å²) in [7, 11) is -0.812. The van der Waals surface area contributed by atoms with Gasteiger partial charge in [-0.1, -0.05) is 30.3 Å². The van der Waals surface area contributed by atoms with Gasteiger partial charge < -0.3 is 19.9 Å². The van der Waals surface area contributed by atoms with Crippen LogP contribution in [0.3, 0.4) is 0 Å². The van der Waals surface area contributed by atoms with Crippen molar-refractivity contribution >= 4 is 28.5 Å². The average Bonchev–Trinajstić information content (AvgIpc) is 2.75. The Morgan fingerprint density at radius 2 is 1.62 bits per heavy atom. The van der Waals surface area contributed by atoms with Crippen molar-refractivity contribution in [3.8, 4) is 5.75 Å². The van der Waals surface area contributed by atoms with Crippen LogP contribution in [0.15, 0.2) is 54.6 Å². The summed E-state index contributed by atoms with van der Waals surface area (Å²) in [5.41, 5.74) is 6.75. The molecule has 0 fully saturated rings. The molecule has 0 saturated carbocycles. The smallest absolute Gasteiger partial charge is 0.331 e. The van der Waals surface area contributed by atoms with Crippen molar-refractivity contribution in [1.82, 2.24) is 0 Å². The Balaban J connectivity index is 2.28. The lowest BCUT2D eigenvalue weighted by molar-refractivity contribution is -0.152. The number of nitrogens with two attached hydrogens (primary N) is 1. The van der Waals surface area contributed by atoms with Crippen LogP contribution in [0.2, 0.25) is 0 Å². The Morgan fingerprint density at radius 3 is 2.14 bits per heavy atom. The average molecular weight is 422 g/mol. The fourth-order valence-electron chi connectivity index (χ4n) is 2.56. The van der Waals surface area contributed by atoms with Gasteiger partial charge >= 0.3 is 11.9 Å². The zero-order chi connectivity index (χ0) is 21.4. The highest BCUT2D eigenvalue weighted by atomic mass is 32.2. The van der Waals surface area contributed by atoms with Crippen LogP contribution in [0.25, 0.3) is 0 Å². The summed E-state index contributed by atoms with van der Waals surface area (Å²) in [5, 5.41) is 0. The van der Waals surface area contributed by atoms with E-state index in [1.54, 1.807) is 24.3 Å². The van der Waals surface area contributed by atoms with Gasteiger partial charge in [0.05, 0.1) is 19.9 Å². The second-order valence-electron chi connectivity index (χ2n) is 5.87. The third-order valence-corrected chi connectivity index (χ3v) is 4.89. The lowest BCUT2D eigenvalue weighted by Gasteiger charge is -2.29. The highest BCUT2D eigenvalue weighted by molar-refractivity contribution is 7.74. The largest absolute Gasteiger partial charge is 0.497 e. The second kappa shape index (κ2) is 10.4. The number of esters is 2. The Labute approximate surface area is 170 Å². The van der Waals surface area contributed by atoms with Crippen LogP contribution in [-0.4, -0.2) is 46.7 Å². The van der Waals surface area contributed by atoms with Crippen LogP contribution in [0.4, 0.5) is 5.69 Å². The summed E-state index contributed by atoms with van der Waals surface area (Å²) in [6.07, 6.45) is 0. The molecule has 2 unspecified atom stereocenters. The number of ether oxygens (including phenoxy) is 3. The van der Waals surface area contributed by atoms with E-state index in [1.165, 1.54) is 31.4 Å². The molecule has 10 heteroatoms. The number of anilines is 1. The monoisotopic (exact) mass is 422 g/mol.